The van der Waals surface area contributed by atoms with Crippen LogP contribution in [-0.2, 0) is 5.41 Å². The summed E-state index contributed by atoms with van der Waals surface area (Å²) < 4.78 is 0. The SMILES string of the molecule is CC(C)(C)c1ccc(C(=O)Nc2cccc(-c3csc(N4CCCC4)n3)c2)cc1. The molecule has 150 valence electrons. The fourth-order valence-corrected chi connectivity index (χ4v) is 4.42. The number of benzene rings is 2. The second-order valence-corrected chi connectivity index (χ2v) is 9.41. The molecule has 4 nitrogen and oxygen atoms in total. The van der Waals surface area contributed by atoms with Crippen LogP contribution in [0.15, 0.2) is 53.9 Å². The van der Waals surface area contributed by atoms with Gasteiger partial charge in [0.25, 0.3) is 5.91 Å². The van der Waals surface area contributed by atoms with Gasteiger partial charge in [0.15, 0.2) is 5.13 Å². The van der Waals surface area contributed by atoms with E-state index < -0.39 is 0 Å². The Bertz CT molecular complexity index is 995. The predicted molar refractivity (Wildman–Crippen MR) is 122 cm³/mol. The molecule has 0 saturated carbocycles. The maximum absolute atomic E-state index is 12.7. The Hall–Kier alpha value is -2.66. The van der Waals surface area contributed by atoms with Gasteiger partial charge in [-0.05, 0) is 48.1 Å². The van der Waals surface area contributed by atoms with Gasteiger partial charge in [-0.15, -0.1) is 11.3 Å². The topological polar surface area (TPSA) is 45.2 Å². The molecular weight excluding hydrogens is 378 g/mol. The molecule has 2 heterocycles. The third-order valence-electron chi connectivity index (χ3n) is 5.30. The van der Waals surface area contributed by atoms with Gasteiger partial charge >= 0.3 is 0 Å². The van der Waals surface area contributed by atoms with E-state index in [9.17, 15) is 4.79 Å². The normalized spacial score (nSPS) is 14.2. The number of anilines is 2. The molecule has 5 heteroatoms. The Balaban J connectivity index is 1.48. The molecule has 0 atom stereocenters. The summed E-state index contributed by atoms with van der Waals surface area (Å²) in [7, 11) is 0. The second-order valence-electron chi connectivity index (χ2n) is 8.57. The number of aromatic nitrogens is 1. The van der Waals surface area contributed by atoms with Crippen molar-refractivity contribution in [3.8, 4) is 11.3 Å². The summed E-state index contributed by atoms with van der Waals surface area (Å²) in [6.45, 7) is 8.69. The number of hydrogen-bond acceptors (Lipinski definition) is 4. The zero-order valence-corrected chi connectivity index (χ0v) is 18.1. The minimum Gasteiger partial charge on any atom is -0.348 e. The van der Waals surface area contributed by atoms with E-state index in [1.54, 1.807) is 11.3 Å². The van der Waals surface area contributed by atoms with Crippen LogP contribution in [0.3, 0.4) is 0 Å². The first-order valence-corrected chi connectivity index (χ1v) is 11.0. The molecule has 0 aliphatic carbocycles. The zero-order valence-electron chi connectivity index (χ0n) is 17.2. The minimum atomic E-state index is -0.0985. The summed E-state index contributed by atoms with van der Waals surface area (Å²) in [5, 5.41) is 6.20. The molecule has 0 unspecified atom stereocenters. The van der Waals surface area contributed by atoms with Crippen LogP contribution in [0.2, 0.25) is 0 Å². The van der Waals surface area contributed by atoms with Crippen LogP contribution in [0.5, 0.6) is 0 Å². The molecule has 0 spiro atoms. The molecule has 29 heavy (non-hydrogen) atoms. The monoisotopic (exact) mass is 405 g/mol. The van der Waals surface area contributed by atoms with E-state index in [2.05, 4.69) is 36.4 Å². The van der Waals surface area contributed by atoms with E-state index >= 15 is 0 Å². The Morgan fingerprint density at radius 3 is 2.48 bits per heavy atom. The lowest BCUT2D eigenvalue weighted by molar-refractivity contribution is 0.102. The van der Waals surface area contributed by atoms with E-state index in [-0.39, 0.29) is 11.3 Å². The molecule has 0 bridgehead atoms. The quantitative estimate of drug-likeness (QED) is 0.582. The van der Waals surface area contributed by atoms with Gasteiger partial charge in [-0.2, -0.15) is 0 Å². The molecule has 4 rings (SSSR count). The van der Waals surface area contributed by atoms with E-state index in [1.165, 1.54) is 18.4 Å². The predicted octanol–water partition coefficient (Wildman–Crippen LogP) is 5.96. The number of rotatable bonds is 4. The lowest BCUT2D eigenvalue weighted by Crippen LogP contribution is -2.17. The number of hydrogen-bond donors (Lipinski definition) is 1. The van der Waals surface area contributed by atoms with Crippen LogP contribution in [0, 0.1) is 0 Å². The smallest absolute Gasteiger partial charge is 0.255 e. The highest BCUT2D eigenvalue weighted by molar-refractivity contribution is 7.14. The minimum absolute atomic E-state index is 0.0742. The van der Waals surface area contributed by atoms with Crippen molar-refractivity contribution in [2.75, 3.05) is 23.3 Å². The summed E-state index contributed by atoms with van der Waals surface area (Å²) in [6.07, 6.45) is 2.49. The van der Waals surface area contributed by atoms with Gasteiger partial charge in [0.2, 0.25) is 0 Å². The Labute approximate surface area is 176 Å². The molecule has 1 amide bonds. The van der Waals surface area contributed by atoms with Crippen LogP contribution in [0.4, 0.5) is 10.8 Å². The van der Waals surface area contributed by atoms with Crippen LogP contribution in [0.1, 0.15) is 49.5 Å². The van der Waals surface area contributed by atoms with Gasteiger partial charge in [0, 0.05) is 35.3 Å². The van der Waals surface area contributed by atoms with Gasteiger partial charge in [-0.25, -0.2) is 4.98 Å². The van der Waals surface area contributed by atoms with Crippen molar-refractivity contribution in [3.05, 3.63) is 65.0 Å². The fraction of sp³-hybridized carbons (Fsp3) is 0.333. The average Bonchev–Trinajstić information content (AvgIpc) is 3.39. The summed E-state index contributed by atoms with van der Waals surface area (Å²) in [5.74, 6) is -0.0985. The summed E-state index contributed by atoms with van der Waals surface area (Å²) >= 11 is 1.69. The van der Waals surface area contributed by atoms with Crippen molar-refractivity contribution in [1.29, 1.82) is 0 Å². The number of carbonyl (C=O) groups is 1. The lowest BCUT2D eigenvalue weighted by Gasteiger charge is -2.19. The van der Waals surface area contributed by atoms with Gasteiger partial charge in [-0.3, -0.25) is 4.79 Å². The fourth-order valence-electron chi connectivity index (χ4n) is 3.53. The molecule has 1 N–H and O–H groups in total. The molecule has 3 aromatic rings. The molecule has 1 aliphatic rings. The molecule has 0 radical (unpaired) electrons. The Morgan fingerprint density at radius 1 is 1.07 bits per heavy atom. The number of amides is 1. The third-order valence-corrected chi connectivity index (χ3v) is 6.20. The standard InChI is InChI=1S/C24H27N3OS/c1-24(2,3)19-11-9-17(10-12-19)22(28)25-20-8-6-7-18(15-20)21-16-29-23(26-21)27-13-4-5-14-27/h6-12,15-16H,4-5,13-14H2,1-3H3,(H,25,28). The molecule has 2 aromatic carbocycles. The summed E-state index contributed by atoms with van der Waals surface area (Å²) in [5.41, 5.74) is 4.71. The maximum Gasteiger partial charge on any atom is 0.255 e. The maximum atomic E-state index is 12.7. The average molecular weight is 406 g/mol. The van der Waals surface area contributed by atoms with E-state index in [0.717, 1.165) is 35.2 Å². The highest BCUT2D eigenvalue weighted by Gasteiger charge is 2.17. The van der Waals surface area contributed by atoms with E-state index in [1.807, 2.05) is 48.5 Å². The molecule has 1 aliphatic heterocycles. The van der Waals surface area contributed by atoms with Crippen LogP contribution in [0.25, 0.3) is 11.3 Å². The summed E-state index contributed by atoms with van der Waals surface area (Å²) in [6, 6.07) is 15.7. The Kier molecular flexibility index (Phi) is 5.41. The summed E-state index contributed by atoms with van der Waals surface area (Å²) in [4.78, 5) is 19.8. The zero-order chi connectivity index (χ0) is 20.4. The van der Waals surface area contributed by atoms with Crippen molar-refractivity contribution in [2.24, 2.45) is 0 Å². The Morgan fingerprint density at radius 2 is 1.79 bits per heavy atom. The third kappa shape index (κ3) is 4.51. The first-order valence-electron chi connectivity index (χ1n) is 10.1. The van der Waals surface area contributed by atoms with Crippen molar-refractivity contribution >= 4 is 28.1 Å². The van der Waals surface area contributed by atoms with Crippen LogP contribution < -0.4 is 10.2 Å². The highest BCUT2D eigenvalue weighted by atomic mass is 32.1. The van der Waals surface area contributed by atoms with E-state index in [0.29, 0.717) is 5.56 Å². The van der Waals surface area contributed by atoms with Gasteiger partial charge < -0.3 is 10.2 Å². The largest absolute Gasteiger partial charge is 0.348 e. The van der Waals surface area contributed by atoms with Crippen molar-refractivity contribution in [2.45, 2.75) is 39.0 Å². The van der Waals surface area contributed by atoms with E-state index in [4.69, 9.17) is 4.98 Å². The number of nitrogens with zero attached hydrogens (tertiary/aromatic N) is 2. The number of nitrogens with one attached hydrogen (secondary N) is 1. The van der Waals surface area contributed by atoms with Crippen LogP contribution in [-0.4, -0.2) is 24.0 Å². The van der Waals surface area contributed by atoms with Gasteiger partial charge in [0.05, 0.1) is 5.69 Å². The molecule has 1 fully saturated rings. The highest BCUT2D eigenvalue weighted by Crippen LogP contribution is 2.30. The number of carbonyl (C=O) groups excluding carboxylic acids is 1. The number of thiazole rings is 1. The molecule has 1 saturated heterocycles. The molecule has 1 aromatic heterocycles. The molecular formula is C24H27N3OS. The second kappa shape index (κ2) is 7.99. The van der Waals surface area contributed by atoms with Crippen LogP contribution >= 0.6 is 11.3 Å². The van der Waals surface area contributed by atoms with Crippen molar-refractivity contribution in [1.82, 2.24) is 4.98 Å². The van der Waals surface area contributed by atoms with Crippen molar-refractivity contribution in [3.63, 3.8) is 0 Å². The van der Waals surface area contributed by atoms with Gasteiger partial charge in [-0.1, -0.05) is 45.0 Å². The first kappa shape index (κ1) is 19.6. The van der Waals surface area contributed by atoms with Crippen molar-refractivity contribution < 1.29 is 4.79 Å². The van der Waals surface area contributed by atoms with Gasteiger partial charge in [0.1, 0.15) is 0 Å². The first-order chi connectivity index (χ1) is 13.9. The lowest BCUT2D eigenvalue weighted by atomic mass is 9.87.